The van der Waals surface area contributed by atoms with Gasteiger partial charge in [0.15, 0.2) is 0 Å². The molecule has 0 aliphatic rings. The second kappa shape index (κ2) is 7.86. The summed E-state index contributed by atoms with van der Waals surface area (Å²) in [5.41, 5.74) is 2.39. The molecule has 0 aliphatic carbocycles. The molecular weight excluding hydrogens is 355 g/mol. The van der Waals surface area contributed by atoms with Crippen LogP contribution in [0.4, 0.5) is 15.8 Å². The maximum atomic E-state index is 13.3. The molecule has 2 aromatic rings. The Kier molecular flexibility index (Phi) is 6.02. The quantitative estimate of drug-likeness (QED) is 0.834. The van der Waals surface area contributed by atoms with Gasteiger partial charge in [-0.3, -0.25) is 9.10 Å². The monoisotopic (exact) mass is 378 g/mol. The number of benzene rings is 2. The summed E-state index contributed by atoms with van der Waals surface area (Å²) in [5, 5.41) is 2.54. The summed E-state index contributed by atoms with van der Waals surface area (Å²) in [4.78, 5) is 12.4. The van der Waals surface area contributed by atoms with E-state index in [1.54, 1.807) is 6.07 Å². The number of amides is 1. The molecule has 0 atom stereocenters. The van der Waals surface area contributed by atoms with Crippen LogP contribution >= 0.6 is 0 Å². The third-order valence-corrected chi connectivity index (χ3v) is 5.05. The first kappa shape index (κ1) is 19.9. The Morgan fingerprint density at radius 3 is 2.42 bits per heavy atom. The molecule has 0 aliphatic heterocycles. The number of hydrogen-bond acceptors (Lipinski definition) is 3. The van der Waals surface area contributed by atoms with E-state index >= 15 is 0 Å². The molecule has 0 spiro atoms. The molecular formula is C19H23FN2O3S. The first-order valence-corrected chi connectivity index (χ1v) is 10.1. The lowest BCUT2D eigenvalue weighted by Gasteiger charge is -2.27. The maximum Gasteiger partial charge on any atom is 0.245 e. The van der Waals surface area contributed by atoms with Crippen LogP contribution in [-0.4, -0.2) is 27.1 Å². The zero-order valence-electron chi connectivity index (χ0n) is 15.3. The Hall–Kier alpha value is -2.41. The van der Waals surface area contributed by atoms with E-state index in [0.29, 0.717) is 5.69 Å². The number of anilines is 2. The zero-order valence-corrected chi connectivity index (χ0v) is 16.1. The molecule has 1 N–H and O–H groups in total. The molecule has 2 aromatic carbocycles. The van der Waals surface area contributed by atoms with E-state index in [9.17, 15) is 17.6 Å². The first-order valence-electron chi connectivity index (χ1n) is 8.22. The first-order chi connectivity index (χ1) is 12.1. The van der Waals surface area contributed by atoms with Crippen LogP contribution in [0.1, 0.15) is 30.9 Å². The number of rotatable bonds is 6. The molecule has 0 saturated heterocycles. The predicted molar refractivity (Wildman–Crippen MR) is 102 cm³/mol. The van der Waals surface area contributed by atoms with E-state index in [-0.39, 0.29) is 18.2 Å². The largest absolute Gasteiger partial charge is 0.324 e. The normalized spacial score (nSPS) is 11.5. The molecule has 2 rings (SSSR count). The number of carbonyl (C=O) groups is 1. The number of nitrogens with one attached hydrogen (secondary N) is 1. The molecule has 0 aromatic heterocycles. The van der Waals surface area contributed by atoms with Crippen LogP contribution in [0.15, 0.2) is 42.5 Å². The molecule has 0 radical (unpaired) electrons. The number of carbonyl (C=O) groups excluding carboxylic acids is 1. The molecule has 0 heterocycles. The van der Waals surface area contributed by atoms with Gasteiger partial charge in [-0.15, -0.1) is 0 Å². The second-order valence-corrected chi connectivity index (χ2v) is 8.40. The van der Waals surface area contributed by atoms with Crippen LogP contribution < -0.4 is 9.62 Å². The van der Waals surface area contributed by atoms with E-state index < -0.39 is 21.7 Å². The molecule has 140 valence electrons. The van der Waals surface area contributed by atoms with Gasteiger partial charge < -0.3 is 5.32 Å². The summed E-state index contributed by atoms with van der Waals surface area (Å²) >= 11 is 0. The fourth-order valence-electron chi connectivity index (χ4n) is 2.75. The van der Waals surface area contributed by atoms with Crippen LogP contribution in [0, 0.1) is 12.7 Å². The Labute approximate surface area is 153 Å². The highest BCUT2D eigenvalue weighted by Crippen LogP contribution is 2.32. The third-order valence-electron chi connectivity index (χ3n) is 3.94. The molecule has 7 heteroatoms. The number of sulfonamides is 1. The third kappa shape index (κ3) is 4.82. The van der Waals surface area contributed by atoms with E-state index in [2.05, 4.69) is 5.32 Å². The van der Waals surface area contributed by atoms with Crippen molar-refractivity contribution in [1.82, 2.24) is 0 Å². The number of nitrogens with zero attached hydrogens (tertiary/aromatic N) is 1. The summed E-state index contributed by atoms with van der Waals surface area (Å²) in [6, 6.07) is 11.0. The minimum atomic E-state index is -3.69. The van der Waals surface area contributed by atoms with Crippen molar-refractivity contribution in [2.45, 2.75) is 26.7 Å². The molecule has 0 fully saturated rings. The van der Waals surface area contributed by atoms with Crippen molar-refractivity contribution in [2.75, 3.05) is 22.4 Å². The van der Waals surface area contributed by atoms with Crippen molar-refractivity contribution < 1.29 is 17.6 Å². The van der Waals surface area contributed by atoms with Crippen LogP contribution in [0.3, 0.4) is 0 Å². The molecule has 0 saturated carbocycles. The fourth-order valence-corrected chi connectivity index (χ4v) is 3.68. The summed E-state index contributed by atoms with van der Waals surface area (Å²) in [5.74, 6) is -0.941. The Balaban J connectivity index is 2.37. The van der Waals surface area contributed by atoms with Crippen LogP contribution in [0.5, 0.6) is 0 Å². The van der Waals surface area contributed by atoms with Gasteiger partial charge >= 0.3 is 0 Å². The number of para-hydroxylation sites is 1. The van der Waals surface area contributed by atoms with Gasteiger partial charge in [-0.05, 0) is 42.2 Å². The van der Waals surface area contributed by atoms with Crippen molar-refractivity contribution >= 4 is 27.3 Å². The molecule has 5 nitrogen and oxygen atoms in total. The van der Waals surface area contributed by atoms with Gasteiger partial charge in [0.1, 0.15) is 12.4 Å². The minimum absolute atomic E-state index is 0.0837. The Morgan fingerprint density at radius 1 is 1.19 bits per heavy atom. The lowest BCUT2D eigenvalue weighted by atomic mass is 9.98. The van der Waals surface area contributed by atoms with Gasteiger partial charge in [-0.25, -0.2) is 12.8 Å². The fraction of sp³-hybridized carbons (Fsp3) is 0.316. The van der Waals surface area contributed by atoms with Crippen molar-refractivity contribution in [3.8, 4) is 0 Å². The number of hydrogen-bond donors (Lipinski definition) is 1. The average molecular weight is 378 g/mol. The lowest BCUT2D eigenvalue weighted by molar-refractivity contribution is -0.114. The SMILES string of the molecule is Cc1cccc(C(C)C)c1N(CC(=O)Nc1cccc(F)c1)S(C)(=O)=O. The summed E-state index contributed by atoms with van der Waals surface area (Å²) < 4.78 is 39.1. The highest BCUT2D eigenvalue weighted by molar-refractivity contribution is 7.92. The second-order valence-electron chi connectivity index (χ2n) is 6.50. The Bertz CT molecular complexity index is 911. The number of aryl methyl sites for hydroxylation is 1. The maximum absolute atomic E-state index is 13.3. The average Bonchev–Trinajstić information content (AvgIpc) is 2.51. The van der Waals surface area contributed by atoms with Crippen LogP contribution in [-0.2, 0) is 14.8 Å². The van der Waals surface area contributed by atoms with E-state index in [1.807, 2.05) is 39.0 Å². The van der Waals surface area contributed by atoms with Crippen molar-refractivity contribution in [3.63, 3.8) is 0 Å². The van der Waals surface area contributed by atoms with Gasteiger partial charge in [0.2, 0.25) is 15.9 Å². The van der Waals surface area contributed by atoms with Gasteiger partial charge in [-0.2, -0.15) is 0 Å². The zero-order chi connectivity index (χ0) is 19.5. The Morgan fingerprint density at radius 2 is 1.85 bits per heavy atom. The van der Waals surface area contributed by atoms with Crippen LogP contribution in [0.2, 0.25) is 0 Å². The van der Waals surface area contributed by atoms with Gasteiger partial charge in [-0.1, -0.05) is 38.1 Å². The van der Waals surface area contributed by atoms with Gasteiger partial charge in [0.25, 0.3) is 0 Å². The summed E-state index contributed by atoms with van der Waals surface area (Å²) in [7, 11) is -3.69. The standard InChI is InChI=1S/C19H23FN2O3S/c1-13(2)17-10-5-7-14(3)19(17)22(26(4,24)25)12-18(23)21-16-9-6-8-15(20)11-16/h5-11,13H,12H2,1-4H3,(H,21,23). The van der Waals surface area contributed by atoms with E-state index in [0.717, 1.165) is 21.7 Å². The van der Waals surface area contributed by atoms with Crippen molar-refractivity contribution in [1.29, 1.82) is 0 Å². The van der Waals surface area contributed by atoms with Crippen molar-refractivity contribution in [2.24, 2.45) is 0 Å². The smallest absolute Gasteiger partial charge is 0.245 e. The van der Waals surface area contributed by atoms with Gasteiger partial charge in [0.05, 0.1) is 11.9 Å². The van der Waals surface area contributed by atoms with E-state index in [4.69, 9.17) is 0 Å². The van der Waals surface area contributed by atoms with Gasteiger partial charge in [0, 0.05) is 5.69 Å². The van der Waals surface area contributed by atoms with E-state index in [1.165, 1.54) is 18.2 Å². The van der Waals surface area contributed by atoms with Crippen molar-refractivity contribution in [3.05, 3.63) is 59.4 Å². The molecule has 26 heavy (non-hydrogen) atoms. The molecule has 0 unspecified atom stereocenters. The highest BCUT2D eigenvalue weighted by atomic mass is 32.2. The van der Waals surface area contributed by atoms with Crippen LogP contribution in [0.25, 0.3) is 0 Å². The summed E-state index contributed by atoms with van der Waals surface area (Å²) in [6.07, 6.45) is 1.07. The minimum Gasteiger partial charge on any atom is -0.324 e. The topological polar surface area (TPSA) is 66.5 Å². The lowest BCUT2D eigenvalue weighted by Crippen LogP contribution is -2.38. The summed E-state index contributed by atoms with van der Waals surface area (Å²) in [6.45, 7) is 5.35. The molecule has 0 bridgehead atoms. The number of halogens is 1. The molecule has 1 amide bonds. The highest BCUT2D eigenvalue weighted by Gasteiger charge is 2.25. The predicted octanol–water partition coefficient (Wildman–Crippen LogP) is 3.66.